The monoisotopic (exact) mass is 305 g/mol. The maximum absolute atomic E-state index is 12.1. The van der Waals surface area contributed by atoms with Gasteiger partial charge in [0.1, 0.15) is 11.4 Å². The Morgan fingerprint density at radius 2 is 1.50 bits per heavy atom. The van der Waals surface area contributed by atoms with Crippen LogP contribution in [0.4, 0.5) is 13.2 Å². The van der Waals surface area contributed by atoms with Gasteiger partial charge in [-0.25, -0.2) is 4.98 Å². The first-order valence-electron chi connectivity index (χ1n) is 6.16. The third-order valence-corrected chi connectivity index (χ3v) is 2.79. The van der Waals surface area contributed by atoms with E-state index in [0.29, 0.717) is 17.0 Å². The molecular weight excluding hydrogens is 297 g/mol. The second-order valence-corrected chi connectivity index (χ2v) is 4.29. The first-order chi connectivity index (χ1) is 10.5. The molecular formula is C14H8F3N4O. The molecule has 22 heavy (non-hydrogen) atoms. The van der Waals surface area contributed by atoms with E-state index in [-0.39, 0.29) is 0 Å². The molecule has 0 saturated heterocycles. The van der Waals surface area contributed by atoms with Crippen molar-refractivity contribution in [3.8, 4) is 5.88 Å². The molecule has 1 aliphatic rings. The summed E-state index contributed by atoms with van der Waals surface area (Å²) in [5, 5.41) is 7.85. The minimum atomic E-state index is -4.77. The van der Waals surface area contributed by atoms with Crippen molar-refractivity contribution >= 4 is 11.4 Å². The van der Waals surface area contributed by atoms with E-state index in [4.69, 9.17) is 0 Å². The molecule has 1 radical (unpaired) electrons. The zero-order chi connectivity index (χ0) is 15.6. The Morgan fingerprint density at radius 1 is 0.818 bits per heavy atom. The van der Waals surface area contributed by atoms with E-state index >= 15 is 0 Å². The minimum Gasteiger partial charge on any atom is -0.388 e. The van der Waals surface area contributed by atoms with Crippen LogP contribution in [0.2, 0.25) is 0 Å². The van der Waals surface area contributed by atoms with E-state index in [9.17, 15) is 13.2 Å². The molecule has 2 heterocycles. The molecule has 111 valence electrons. The molecule has 3 rings (SSSR count). The second kappa shape index (κ2) is 5.47. The topological polar surface area (TPSA) is 60.9 Å². The molecule has 0 unspecified atom stereocenters. The van der Waals surface area contributed by atoms with Gasteiger partial charge in [0.25, 0.3) is 0 Å². The first kappa shape index (κ1) is 14.1. The van der Waals surface area contributed by atoms with E-state index in [2.05, 4.69) is 25.5 Å². The molecule has 8 heteroatoms. The van der Waals surface area contributed by atoms with Crippen molar-refractivity contribution in [3.63, 3.8) is 0 Å². The number of alkyl halides is 3. The highest BCUT2D eigenvalue weighted by atomic mass is 19.4. The summed E-state index contributed by atoms with van der Waals surface area (Å²) in [7, 11) is 0. The Morgan fingerprint density at radius 3 is 2.09 bits per heavy atom. The molecule has 0 N–H and O–H groups in total. The highest BCUT2D eigenvalue weighted by molar-refractivity contribution is 6.54. The summed E-state index contributed by atoms with van der Waals surface area (Å²) in [6.07, 6.45) is -3.54. The molecule has 1 aromatic heterocycles. The highest BCUT2D eigenvalue weighted by Crippen LogP contribution is 2.21. The van der Waals surface area contributed by atoms with Crippen molar-refractivity contribution in [2.45, 2.75) is 6.36 Å². The SMILES string of the molecule is FC(F)(F)Oc1ccc(C2=N[N]N=C2c2ccccc2)cn1. The van der Waals surface area contributed by atoms with Gasteiger partial charge in [-0.1, -0.05) is 30.3 Å². The van der Waals surface area contributed by atoms with Crippen LogP contribution in [0.3, 0.4) is 0 Å². The molecule has 0 amide bonds. The van der Waals surface area contributed by atoms with Gasteiger partial charge in [-0.2, -0.15) is 0 Å². The summed E-state index contributed by atoms with van der Waals surface area (Å²) in [6, 6.07) is 11.8. The number of hydrogen-bond acceptors (Lipinski definition) is 4. The van der Waals surface area contributed by atoms with Crippen LogP contribution in [0.15, 0.2) is 58.9 Å². The van der Waals surface area contributed by atoms with Crippen LogP contribution in [-0.4, -0.2) is 22.8 Å². The standard InChI is InChI=1S/C14H8F3N4O/c15-14(16,17)22-11-7-6-10(8-18-11)13-12(19-21-20-13)9-4-2-1-3-5-9/h1-8H. The number of hydrogen-bond donors (Lipinski definition) is 0. The molecule has 1 aliphatic heterocycles. The predicted molar refractivity (Wildman–Crippen MR) is 72.6 cm³/mol. The van der Waals surface area contributed by atoms with E-state index in [0.717, 1.165) is 11.6 Å². The summed E-state index contributed by atoms with van der Waals surface area (Å²) in [5.41, 5.74) is 5.90. The second-order valence-electron chi connectivity index (χ2n) is 4.29. The molecule has 0 saturated carbocycles. The number of nitrogens with zero attached hydrogens (tertiary/aromatic N) is 4. The number of ether oxygens (including phenoxy) is 1. The maximum Gasteiger partial charge on any atom is 0.574 e. The predicted octanol–water partition coefficient (Wildman–Crippen LogP) is 2.71. The van der Waals surface area contributed by atoms with Crippen LogP contribution in [0.1, 0.15) is 11.1 Å². The van der Waals surface area contributed by atoms with Gasteiger partial charge in [-0.05, 0) is 11.6 Å². The quantitative estimate of drug-likeness (QED) is 0.875. The van der Waals surface area contributed by atoms with E-state index in [1.54, 1.807) is 0 Å². The van der Waals surface area contributed by atoms with E-state index < -0.39 is 12.2 Å². The Balaban J connectivity index is 1.84. The Bertz CT molecular complexity index is 724. The van der Waals surface area contributed by atoms with Gasteiger partial charge in [-0.3, -0.25) is 0 Å². The third kappa shape index (κ3) is 3.05. The van der Waals surface area contributed by atoms with Crippen LogP contribution in [0.5, 0.6) is 5.88 Å². The molecule has 0 bridgehead atoms. The molecule has 5 nitrogen and oxygen atoms in total. The fourth-order valence-electron chi connectivity index (χ4n) is 1.89. The van der Waals surface area contributed by atoms with Gasteiger partial charge in [-0.15, -0.1) is 23.4 Å². The summed E-state index contributed by atoms with van der Waals surface area (Å²) in [5.74, 6) is -0.537. The van der Waals surface area contributed by atoms with Crippen molar-refractivity contribution in [1.82, 2.24) is 10.5 Å². The van der Waals surface area contributed by atoms with Gasteiger partial charge >= 0.3 is 6.36 Å². The number of halogens is 3. The lowest BCUT2D eigenvalue weighted by Gasteiger charge is -2.08. The lowest BCUT2D eigenvalue weighted by atomic mass is 10.0. The third-order valence-electron chi connectivity index (χ3n) is 2.79. The van der Waals surface area contributed by atoms with Gasteiger partial charge in [0.05, 0.1) is 0 Å². The first-order valence-corrected chi connectivity index (χ1v) is 6.16. The van der Waals surface area contributed by atoms with Crippen LogP contribution >= 0.6 is 0 Å². The maximum atomic E-state index is 12.1. The molecule has 0 fully saturated rings. The number of benzene rings is 1. The van der Waals surface area contributed by atoms with Gasteiger partial charge in [0, 0.05) is 23.4 Å². The summed E-state index contributed by atoms with van der Waals surface area (Å²) in [4.78, 5) is 3.62. The zero-order valence-corrected chi connectivity index (χ0v) is 10.9. The fraction of sp³-hybridized carbons (Fsp3) is 0.0714. The number of aromatic nitrogens is 1. The van der Waals surface area contributed by atoms with E-state index in [1.165, 1.54) is 12.3 Å². The van der Waals surface area contributed by atoms with Crippen molar-refractivity contribution in [2.75, 3.05) is 0 Å². The minimum absolute atomic E-state index is 0.442. The molecule has 2 aromatic rings. The average Bonchev–Trinajstić information content (AvgIpc) is 2.97. The van der Waals surface area contributed by atoms with Crippen LogP contribution < -0.4 is 10.3 Å². The number of pyridine rings is 1. The normalized spacial score (nSPS) is 14.1. The Hall–Kier alpha value is -2.90. The van der Waals surface area contributed by atoms with Crippen molar-refractivity contribution in [2.24, 2.45) is 10.2 Å². The lowest BCUT2D eigenvalue weighted by molar-refractivity contribution is -0.276. The van der Waals surface area contributed by atoms with Crippen LogP contribution in [-0.2, 0) is 0 Å². The summed E-state index contributed by atoms with van der Waals surface area (Å²) < 4.78 is 40.0. The smallest absolute Gasteiger partial charge is 0.388 e. The summed E-state index contributed by atoms with van der Waals surface area (Å²) in [6.45, 7) is 0. The fourth-order valence-corrected chi connectivity index (χ4v) is 1.89. The molecule has 0 atom stereocenters. The lowest BCUT2D eigenvalue weighted by Crippen LogP contribution is -2.18. The molecule has 0 aliphatic carbocycles. The largest absolute Gasteiger partial charge is 0.574 e. The van der Waals surface area contributed by atoms with Crippen molar-refractivity contribution < 1.29 is 17.9 Å². The van der Waals surface area contributed by atoms with Gasteiger partial charge in [0.2, 0.25) is 5.88 Å². The summed E-state index contributed by atoms with van der Waals surface area (Å²) >= 11 is 0. The Labute approximate surface area is 123 Å². The zero-order valence-electron chi connectivity index (χ0n) is 10.9. The Kier molecular flexibility index (Phi) is 3.50. The van der Waals surface area contributed by atoms with Crippen molar-refractivity contribution in [1.29, 1.82) is 0 Å². The highest BCUT2D eigenvalue weighted by Gasteiger charge is 2.31. The average molecular weight is 305 g/mol. The van der Waals surface area contributed by atoms with Crippen LogP contribution in [0.25, 0.3) is 0 Å². The number of rotatable bonds is 3. The van der Waals surface area contributed by atoms with Crippen molar-refractivity contribution in [3.05, 3.63) is 59.8 Å². The molecule has 0 spiro atoms. The van der Waals surface area contributed by atoms with Gasteiger partial charge in [0.15, 0.2) is 0 Å². The van der Waals surface area contributed by atoms with E-state index in [1.807, 2.05) is 30.3 Å². The van der Waals surface area contributed by atoms with Crippen LogP contribution in [0, 0.1) is 0 Å². The van der Waals surface area contributed by atoms with Gasteiger partial charge < -0.3 is 4.74 Å². The molecule has 1 aromatic carbocycles.